The monoisotopic (exact) mass is 392 g/mol. The number of nitrogens with zero attached hydrogens (tertiary/aromatic N) is 2. The predicted molar refractivity (Wildman–Crippen MR) is 118 cm³/mol. The van der Waals surface area contributed by atoms with Crippen LogP contribution >= 0.6 is 0 Å². The van der Waals surface area contributed by atoms with Crippen molar-refractivity contribution in [2.75, 3.05) is 19.6 Å². The van der Waals surface area contributed by atoms with Gasteiger partial charge in [-0.2, -0.15) is 0 Å². The molecule has 1 aliphatic heterocycles. The minimum atomic E-state index is -0.171. The number of ether oxygens (including phenoxy) is 1. The van der Waals surface area contributed by atoms with Gasteiger partial charge >= 0.3 is 5.97 Å². The third kappa shape index (κ3) is 6.53. The highest BCUT2D eigenvalue weighted by Gasteiger charge is 2.13. The molecule has 0 radical (unpaired) electrons. The molecule has 0 N–H and O–H groups in total. The highest BCUT2D eigenvalue weighted by atomic mass is 16.5. The molecule has 1 saturated heterocycles. The van der Waals surface area contributed by atoms with Crippen LogP contribution in [0.15, 0.2) is 48.5 Å². The fraction of sp³-hybridized carbons (Fsp3) is 0.440. The first-order valence-electron chi connectivity index (χ1n) is 10.7. The van der Waals surface area contributed by atoms with Gasteiger partial charge in [0.15, 0.2) is 0 Å². The van der Waals surface area contributed by atoms with E-state index in [1.165, 1.54) is 37.1 Å². The summed E-state index contributed by atoms with van der Waals surface area (Å²) in [5.74, 6) is -0.171. The third-order valence-corrected chi connectivity index (χ3v) is 5.15. The Kier molecular flexibility index (Phi) is 7.59. The van der Waals surface area contributed by atoms with Crippen LogP contribution in [0.1, 0.15) is 55.6 Å². The molecule has 2 aromatic rings. The van der Waals surface area contributed by atoms with Crippen LogP contribution in [0, 0.1) is 6.92 Å². The van der Waals surface area contributed by atoms with Crippen molar-refractivity contribution in [3.05, 3.63) is 71.1 Å². The molecule has 0 bridgehead atoms. The smallest absolute Gasteiger partial charge is 0.306 e. The standard InChI is InChI=1S/C25H32N2O2/c1-19(2)29-25(28)14-13-22-7-6-8-24(26-22)23(15-18-27-16-4-5-17-27)21-11-9-20(3)10-12-21/h6-12,15,19H,4-5,13-14,16-18H2,1-3H3/b23-15+. The molecule has 1 aliphatic rings. The number of likely N-dealkylation sites (tertiary alicyclic amines) is 1. The van der Waals surface area contributed by atoms with Crippen molar-refractivity contribution in [3.63, 3.8) is 0 Å². The van der Waals surface area contributed by atoms with Crippen molar-refractivity contribution < 1.29 is 9.53 Å². The minimum Gasteiger partial charge on any atom is -0.463 e. The van der Waals surface area contributed by atoms with Crippen molar-refractivity contribution in [1.82, 2.24) is 9.88 Å². The molecule has 0 amide bonds. The summed E-state index contributed by atoms with van der Waals surface area (Å²) in [6, 6.07) is 14.7. The molecule has 2 heterocycles. The third-order valence-electron chi connectivity index (χ3n) is 5.15. The first kappa shape index (κ1) is 21.3. The number of pyridine rings is 1. The van der Waals surface area contributed by atoms with Crippen molar-refractivity contribution in [3.8, 4) is 0 Å². The number of aryl methyl sites for hydroxylation is 2. The fourth-order valence-corrected chi connectivity index (χ4v) is 3.61. The second-order valence-corrected chi connectivity index (χ2v) is 8.04. The van der Waals surface area contributed by atoms with Crippen LogP contribution in [0.5, 0.6) is 0 Å². The van der Waals surface area contributed by atoms with Gasteiger partial charge in [0.05, 0.1) is 18.2 Å². The number of esters is 1. The maximum Gasteiger partial charge on any atom is 0.306 e. The zero-order chi connectivity index (χ0) is 20.6. The zero-order valence-corrected chi connectivity index (χ0v) is 17.9. The number of carbonyl (C=O) groups excluding carboxylic acids is 1. The average Bonchev–Trinajstić information content (AvgIpc) is 3.21. The molecule has 0 spiro atoms. The minimum absolute atomic E-state index is 0.0801. The van der Waals surface area contributed by atoms with E-state index in [-0.39, 0.29) is 12.1 Å². The van der Waals surface area contributed by atoms with Gasteiger partial charge in [0.2, 0.25) is 0 Å². The number of carbonyl (C=O) groups is 1. The Hall–Kier alpha value is -2.46. The maximum absolute atomic E-state index is 11.9. The van der Waals surface area contributed by atoms with Crippen molar-refractivity contribution >= 4 is 11.5 Å². The number of hydrogen-bond donors (Lipinski definition) is 0. The van der Waals surface area contributed by atoms with E-state index < -0.39 is 0 Å². The van der Waals surface area contributed by atoms with Crippen molar-refractivity contribution in [2.24, 2.45) is 0 Å². The number of aromatic nitrogens is 1. The highest BCUT2D eigenvalue weighted by Crippen LogP contribution is 2.23. The van der Waals surface area contributed by atoms with E-state index in [1.807, 2.05) is 26.0 Å². The summed E-state index contributed by atoms with van der Waals surface area (Å²) < 4.78 is 5.24. The van der Waals surface area contributed by atoms with E-state index in [4.69, 9.17) is 9.72 Å². The van der Waals surface area contributed by atoms with Crippen LogP contribution in [-0.4, -0.2) is 41.6 Å². The van der Waals surface area contributed by atoms with Gasteiger partial charge in [0, 0.05) is 24.2 Å². The molecular weight excluding hydrogens is 360 g/mol. The molecule has 0 aliphatic carbocycles. The van der Waals surface area contributed by atoms with Crippen molar-refractivity contribution in [2.45, 2.75) is 52.6 Å². The van der Waals surface area contributed by atoms with Gasteiger partial charge in [-0.05, 0) is 64.4 Å². The average molecular weight is 393 g/mol. The van der Waals surface area contributed by atoms with Gasteiger partial charge in [-0.3, -0.25) is 14.7 Å². The maximum atomic E-state index is 11.9. The zero-order valence-electron chi connectivity index (χ0n) is 17.9. The lowest BCUT2D eigenvalue weighted by Crippen LogP contribution is -2.19. The van der Waals surface area contributed by atoms with Gasteiger partial charge in [-0.1, -0.05) is 42.0 Å². The van der Waals surface area contributed by atoms with E-state index in [0.29, 0.717) is 12.8 Å². The van der Waals surface area contributed by atoms with Crippen molar-refractivity contribution in [1.29, 1.82) is 0 Å². The largest absolute Gasteiger partial charge is 0.463 e. The summed E-state index contributed by atoms with van der Waals surface area (Å²) >= 11 is 0. The topological polar surface area (TPSA) is 42.4 Å². The lowest BCUT2D eigenvalue weighted by molar-refractivity contribution is -0.147. The molecule has 154 valence electrons. The van der Waals surface area contributed by atoms with E-state index in [1.54, 1.807) is 0 Å². The van der Waals surface area contributed by atoms with Gasteiger partial charge in [-0.25, -0.2) is 0 Å². The fourth-order valence-electron chi connectivity index (χ4n) is 3.61. The summed E-state index contributed by atoms with van der Waals surface area (Å²) in [6.45, 7) is 9.13. The van der Waals surface area contributed by atoms with Gasteiger partial charge < -0.3 is 4.74 Å². The molecule has 0 atom stereocenters. The Bertz CT molecular complexity index is 834. The van der Waals surface area contributed by atoms with Crippen LogP contribution in [0.25, 0.3) is 5.57 Å². The normalized spacial score (nSPS) is 15.1. The van der Waals surface area contributed by atoms with Crippen LogP contribution in [0.2, 0.25) is 0 Å². The predicted octanol–water partition coefficient (Wildman–Crippen LogP) is 4.80. The quantitative estimate of drug-likeness (QED) is 0.605. The number of hydrogen-bond acceptors (Lipinski definition) is 4. The van der Waals surface area contributed by atoms with E-state index >= 15 is 0 Å². The molecule has 4 nitrogen and oxygen atoms in total. The second kappa shape index (κ2) is 10.4. The Balaban J connectivity index is 1.80. The van der Waals surface area contributed by atoms with E-state index in [9.17, 15) is 4.79 Å². The van der Waals surface area contributed by atoms with Crippen LogP contribution < -0.4 is 0 Å². The highest BCUT2D eigenvalue weighted by molar-refractivity contribution is 5.78. The lowest BCUT2D eigenvalue weighted by atomic mass is 10.00. The van der Waals surface area contributed by atoms with Crippen LogP contribution in [-0.2, 0) is 16.0 Å². The summed E-state index contributed by atoms with van der Waals surface area (Å²) in [6.07, 6.45) is 5.73. The van der Waals surface area contributed by atoms with Gasteiger partial charge in [0.1, 0.15) is 0 Å². The first-order valence-corrected chi connectivity index (χ1v) is 10.7. The Morgan fingerprint density at radius 2 is 1.86 bits per heavy atom. The molecule has 4 heteroatoms. The summed E-state index contributed by atoms with van der Waals surface area (Å²) in [7, 11) is 0. The molecule has 0 unspecified atom stereocenters. The van der Waals surface area contributed by atoms with Crippen LogP contribution in [0.3, 0.4) is 0 Å². The molecular formula is C25H32N2O2. The molecule has 3 rings (SSSR count). The summed E-state index contributed by atoms with van der Waals surface area (Å²) in [5, 5.41) is 0. The molecule has 29 heavy (non-hydrogen) atoms. The lowest BCUT2D eigenvalue weighted by Gasteiger charge is -2.15. The first-order chi connectivity index (χ1) is 14.0. The van der Waals surface area contributed by atoms with Crippen LogP contribution in [0.4, 0.5) is 0 Å². The summed E-state index contributed by atoms with van der Waals surface area (Å²) in [5.41, 5.74) is 5.46. The SMILES string of the molecule is Cc1ccc(/C(=C\CN2CCCC2)c2cccc(CCC(=O)OC(C)C)n2)cc1. The van der Waals surface area contributed by atoms with E-state index in [0.717, 1.165) is 23.5 Å². The van der Waals surface area contributed by atoms with Gasteiger partial charge in [-0.15, -0.1) is 0 Å². The molecule has 0 saturated carbocycles. The molecule has 1 aromatic carbocycles. The molecule has 1 fully saturated rings. The molecule has 1 aromatic heterocycles. The Morgan fingerprint density at radius 1 is 1.14 bits per heavy atom. The van der Waals surface area contributed by atoms with E-state index in [2.05, 4.69) is 48.2 Å². The Morgan fingerprint density at radius 3 is 2.55 bits per heavy atom. The number of benzene rings is 1. The number of rotatable bonds is 8. The Labute approximate surface area is 174 Å². The summed E-state index contributed by atoms with van der Waals surface area (Å²) in [4.78, 5) is 19.2. The second-order valence-electron chi connectivity index (χ2n) is 8.04. The van der Waals surface area contributed by atoms with Gasteiger partial charge in [0.25, 0.3) is 0 Å².